The molecule has 0 aliphatic rings. The second-order valence-electron chi connectivity index (χ2n) is 5.18. The minimum absolute atomic E-state index is 0.180. The molecule has 0 saturated carbocycles. The minimum Gasteiger partial charge on any atom is -0.378 e. The molecule has 5 nitrogen and oxygen atoms in total. The van der Waals surface area contributed by atoms with E-state index in [1.54, 1.807) is 16.9 Å². The van der Waals surface area contributed by atoms with Gasteiger partial charge in [0.1, 0.15) is 0 Å². The summed E-state index contributed by atoms with van der Waals surface area (Å²) in [5.41, 5.74) is 0.370. The van der Waals surface area contributed by atoms with Crippen LogP contribution in [0.5, 0.6) is 0 Å². The number of hydrogen-bond acceptors (Lipinski definition) is 3. The molecular weight excluding hydrogens is 325 g/mol. The molecule has 0 aliphatic carbocycles. The number of hydrogen-bond donors (Lipinski definition) is 2. The van der Waals surface area contributed by atoms with Gasteiger partial charge < -0.3 is 10.4 Å². The van der Waals surface area contributed by atoms with Gasteiger partial charge in [0, 0.05) is 35.5 Å². The van der Waals surface area contributed by atoms with E-state index in [1.807, 2.05) is 19.2 Å². The maximum absolute atomic E-state index is 12.0. The molecule has 7 heteroatoms. The Labute approximate surface area is 138 Å². The molecule has 2 N–H and O–H groups in total. The fourth-order valence-corrected chi connectivity index (χ4v) is 2.59. The number of nitrogens with zero attached hydrogens (tertiary/aromatic N) is 2. The molecular formula is C15H17Cl2N3O2. The normalized spacial score (nSPS) is 13.6. The van der Waals surface area contributed by atoms with Crippen molar-refractivity contribution in [3.05, 3.63) is 52.3 Å². The Balaban J connectivity index is 1.88. The molecule has 1 aromatic carbocycles. The molecule has 2 aromatic rings. The molecule has 1 heterocycles. The molecule has 0 unspecified atom stereocenters. The summed E-state index contributed by atoms with van der Waals surface area (Å²) in [6.07, 6.45) is 2.27. The maximum atomic E-state index is 12.0. The number of nitrogens with one attached hydrogen (secondary N) is 1. The number of carbonyl (C=O) groups is 1. The Morgan fingerprint density at radius 2 is 2.05 bits per heavy atom. The predicted molar refractivity (Wildman–Crippen MR) is 85.8 cm³/mol. The Bertz CT molecular complexity index is 611. The van der Waals surface area contributed by atoms with Crippen molar-refractivity contribution in [2.75, 3.05) is 6.54 Å². The topological polar surface area (TPSA) is 67.2 Å². The van der Waals surface area contributed by atoms with Gasteiger partial charge in [0.2, 0.25) is 0 Å². The Hall–Kier alpha value is -1.56. The van der Waals surface area contributed by atoms with Crippen LogP contribution in [-0.2, 0) is 11.3 Å². The summed E-state index contributed by atoms with van der Waals surface area (Å²) in [7, 11) is 0. The zero-order valence-electron chi connectivity index (χ0n) is 12.0. The van der Waals surface area contributed by atoms with Crippen LogP contribution in [0.15, 0.2) is 36.7 Å². The minimum atomic E-state index is -1.30. The van der Waals surface area contributed by atoms with E-state index < -0.39 is 12.0 Å². The van der Waals surface area contributed by atoms with Gasteiger partial charge in [0.15, 0.2) is 6.10 Å². The van der Waals surface area contributed by atoms with Gasteiger partial charge in [-0.3, -0.25) is 9.48 Å². The lowest BCUT2D eigenvalue weighted by atomic mass is 10.1. The average Bonchev–Trinajstić information content (AvgIpc) is 2.95. The van der Waals surface area contributed by atoms with E-state index in [0.29, 0.717) is 28.7 Å². The highest BCUT2D eigenvalue weighted by molar-refractivity contribution is 6.34. The van der Waals surface area contributed by atoms with Gasteiger partial charge in [-0.2, -0.15) is 5.10 Å². The number of rotatable bonds is 6. The van der Waals surface area contributed by atoms with E-state index in [-0.39, 0.29) is 5.92 Å². The lowest BCUT2D eigenvalue weighted by molar-refractivity contribution is -0.129. The summed E-state index contributed by atoms with van der Waals surface area (Å²) in [6.45, 7) is 3.11. The number of aromatic nitrogens is 2. The summed E-state index contributed by atoms with van der Waals surface area (Å²) in [4.78, 5) is 12.0. The second-order valence-corrected chi connectivity index (χ2v) is 6.06. The lowest BCUT2D eigenvalue weighted by Gasteiger charge is -2.16. The first kappa shape index (κ1) is 16.8. The van der Waals surface area contributed by atoms with Crippen molar-refractivity contribution in [1.29, 1.82) is 0 Å². The van der Waals surface area contributed by atoms with Crippen molar-refractivity contribution >= 4 is 29.1 Å². The summed E-state index contributed by atoms with van der Waals surface area (Å²) < 4.78 is 1.80. The van der Waals surface area contributed by atoms with E-state index >= 15 is 0 Å². The lowest BCUT2D eigenvalue weighted by Crippen LogP contribution is -2.33. The molecule has 2 rings (SSSR count). The van der Waals surface area contributed by atoms with Crippen molar-refractivity contribution in [3.8, 4) is 0 Å². The Morgan fingerprint density at radius 3 is 2.64 bits per heavy atom. The molecule has 0 spiro atoms. The van der Waals surface area contributed by atoms with Crippen LogP contribution in [0.3, 0.4) is 0 Å². The third-order valence-corrected chi connectivity index (χ3v) is 3.57. The van der Waals surface area contributed by atoms with Crippen LogP contribution in [0.2, 0.25) is 10.0 Å². The summed E-state index contributed by atoms with van der Waals surface area (Å²) in [5.74, 6) is -0.301. The quantitative estimate of drug-likeness (QED) is 0.848. The van der Waals surface area contributed by atoms with Crippen LogP contribution in [-0.4, -0.2) is 27.3 Å². The zero-order valence-corrected chi connectivity index (χ0v) is 13.6. The fraction of sp³-hybridized carbons (Fsp3) is 0.333. The van der Waals surface area contributed by atoms with Crippen molar-refractivity contribution in [1.82, 2.24) is 15.1 Å². The van der Waals surface area contributed by atoms with Crippen LogP contribution in [0, 0.1) is 5.92 Å². The standard InChI is InChI=1S/C15H17Cl2N3O2/c1-10(9-20-4-2-3-19-20)8-18-15(22)14(21)11-5-12(16)7-13(17)6-11/h2-7,10,14,21H,8-9H2,1H3,(H,18,22)/t10-,14+/m0/s1. The number of aliphatic hydroxyl groups excluding tert-OH is 1. The largest absolute Gasteiger partial charge is 0.378 e. The number of carbonyl (C=O) groups excluding carboxylic acids is 1. The van der Waals surface area contributed by atoms with Crippen LogP contribution in [0.1, 0.15) is 18.6 Å². The van der Waals surface area contributed by atoms with E-state index in [9.17, 15) is 9.90 Å². The highest BCUT2D eigenvalue weighted by atomic mass is 35.5. The first-order valence-corrected chi connectivity index (χ1v) is 7.60. The van der Waals surface area contributed by atoms with Gasteiger partial charge in [0.05, 0.1) is 0 Å². The van der Waals surface area contributed by atoms with Crippen molar-refractivity contribution in [3.63, 3.8) is 0 Å². The van der Waals surface area contributed by atoms with Crippen LogP contribution >= 0.6 is 23.2 Å². The molecule has 1 amide bonds. The molecule has 0 fully saturated rings. The first-order chi connectivity index (χ1) is 10.5. The zero-order chi connectivity index (χ0) is 16.1. The fourth-order valence-electron chi connectivity index (χ4n) is 2.05. The summed E-state index contributed by atoms with van der Waals surface area (Å²) >= 11 is 11.7. The number of aliphatic hydroxyl groups is 1. The SMILES string of the molecule is C[C@@H](CNC(=O)[C@H](O)c1cc(Cl)cc(Cl)c1)Cn1cccn1. The molecule has 118 valence electrons. The number of halogens is 2. The highest BCUT2D eigenvalue weighted by Crippen LogP contribution is 2.23. The number of amides is 1. The molecule has 2 atom stereocenters. The molecule has 1 aromatic heterocycles. The highest BCUT2D eigenvalue weighted by Gasteiger charge is 2.18. The summed E-state index contributed by atoms with van der Waals surface area (Å²) in [5, 5.41) is 17.6. The Kier molecular flexibility index (Phi) is 5.83. The monoisotopic (exact) mass is 341 g/mol. The molecule has 0 saturated heterocycles. The van der Waals surface area contributed by atoms with Gasteiger partial charge in [-0.1, -0.05) is 30.1 Å². The van der Waals surface area contributed by atoms with E-state index in [4.69, 9.17) is 23.2 Å². The van der Waals surface area contributed by atoms with Gasteiger partial charge in [-0.15, -0.1) is 0 Å². The second kappa shape index (κ2) is 7.63. The van der Waals surface area contributed by atoms with Crippen molar-refractivity contribution < 1.29 is 9.90 Å². The van der Waals surface area contributed by atoms with Crippen LogP contribution in [0.25, 0.3) is 0 Å². The summed E-state index contributed by atoms with van der Waals surface area (Å²) in [6, 6.07) is 6.43. The van der Waals surface area contributed by atoms with Gasteiger partial charge in [0.25, 0.3) is 5.91 Å². The van der Waals surface area contributed by atoms with Gasteiger partial charge >= 0.3 is 0 Å². The molecule has 22 heavy (non-hydrogen) atoms. The van der Waals surface area contributed by atoms with Crippen molar-refractivity contribution in [2.24, 2.45) is 5.92 Å². The van der Waals surface area contributed by atoms with E-state index in [0.717, 1.165) is 0 Å². The van der Waals surface area contributed by atoms with Gasteiger partial charge in [-0.25, -0.2) is 0 Å². The molecule has 0 bridgehead atoms. The first-order valence-electron chi connectivity index (χ1n) is 6.85. The van der Waals surface area contributed by atoms with Crippen molar-refractivity contribution in [2.45, 2.75) is 19.6 Å². The van der Waals surface area contributed by atoms with E-state index in [1.165, 1.54) is 12.1 Å². The maximum Gasteiger partial charge on any atom is 0.253 e. The molecule has 0 radical (unpaired) electrons. The third-order valence-electron chi connectivity index (χ3n) is 3.13. The van der Waals surface area contributed by atoms with Gasteiger partial charge in [-0.05, 0) is 35.7 Å². The van der Waals surface area contributed by atoms with E-state index in [2.05, 4.69) is 10.4 Å². The predicted octanol–water partition coefficient (Wildman–Crippen LogP) is 2.68. The van der Waals surface area contributed by atoms with Crippen LogP contribution < -0.4 is 5.32 Å². The average molecular weight is 342 g/mol. The smallest absolute Gasteiger partial charge is 0.253 e. The van der Waals surface area contributed by atoms with Crippen LogP contribution in [0.4, 0.5) is 0 Å². The molecule has 0 aliphatic heterocycles. The Morgan fingerprint density at radius 1 is 1.36 bits per heavy atom. The third kappa shape index (κ3) is 4.73. The number of benzene rings is 1.